The number of halogens is 1. The Balaban J connectivity index is 2.89. The molecule has 16 heavy (non-hydrogen) atoms. The van der Waals surface area contributed by atoms with E-state index in [2.05, 4.69) is 15.9 Å². The van der Waals surface area contributed by atoms with Crippen LogP contribution in [0.25, 0.3) is 0 Å². The highest BCUT2D eigenvalue weighted by atomic mass is 79.9. The molecule has 6 heteroatoms. The smallest absolute Gasteiger partial charge is 0.154 e. The van der Waals surface area contributed by atoms with E-state index in [4.69, 9.17) is 5.73 Å². The lowest BCUT2D eigenvalue weighted by atomic mass is 10.0. The summed E-state index contributed by atoms with van der Waals surface area (Å²) in [6, 6.07) is 1.54. The minimum atomic E-state index is -3.15. The molecule has 0 radical (unpaired) electrons. The monoisotopic (exact) mass is 325 g/mol. The molecule has 1 rings (SSSR count). The first-order valence-electron chi connectivity index (χ1n) is 4.83. The molecule has 1 unspecified atom stereocenters. The van der Waals surface area contributed by atoms with Gasteiger partial charge in [0.15, 0.2) is 9.84 Å². The second-order valence-electron chi connectivity index (χ2n) is 4.38. The molecule has 2 N–H and O–H groups in total. The Bertz CT molecular complexity index is 465. The van der Waals surface area contributed by atoms with Crippen molar-refractivity contribution in [3.63, 3.8) is 0 Å². The summed E-state index contributed by atoms with van der Waals surface area (Å²) in [4.78, 5) is 1.09. The van der Waals surface area contributed by atoms with Gasteiger partial charge in [0.1, 0.15) is 0 Å². The summed E-state index contributed by atoms with van der Waals surface area (Å²) in [6.07, 6.45) is 1.80. The maximum absolute atomic E-state index is 11.6. The second kappa shape index (κ2) is 4.76. The Kier molecular flexibility index (Phi) is 4.21. The first-order valence-corrected chi connectivity index (χ1v) is 8.39. The first kappa shape index (κ1) is 14.2. The number of sulfone groups is 1. The average molecular weight is 326 g/mol. The van der Waals surface area contributed by atoms with Crippen molar-refractivity contribution in [2.45, 2.75) is 31.1 Å². The van der Waals surface area contributed by atoms with Crippen LogP contribution in [-0.2, 0) is 16.3 Å². The van der Waals surface area contributed by atoms with Crippen LogP contribution in [0.2, 0.25) is 0 Å². The van der Waals surface area contributed by atoms with E-state index in [-0.39, 0.29) is 0 Å². The van der Waals surface area contributed by atoms with Gasteiger partial charge < -0.3 is 5.73 Å². The average Bonchev–Trinajstić information content (AvgIpc) is 2.49. The van der Waals surface area contributed by atoms with E-state index < -0.39 is 20.6 Å². The van der Waals surface area contributed by atoms with Crippen LogP contribution in [0, 0.1) is 0 Å². The lowest BCUT2D eigenvalue weighted by molar-refractivity contribution is 0.483. The lowest BCUT2D eigenvalue weighted by Gasteiger charge is -2.29. The maximum atomic E-state index is 11.6. The molecule has 0 aliphatic carbocycles. The zero-order valence-corrected chi connectivity index (χ0v) is 12.7. The Hall–Kier alpha value is 0.0900. The highest BCUT2D eigenvalue weighted by molar-refractivity contribution is 9.10. The van der Waals surface area contributed by atoms with Crippen LogP contribution in [0.5, 0.6) is 0 Å². The number of nitrogens with two attached hydrogens (primary N) is 1. The summed E-state index contributed by atoms with van der Waals surface area (Å²) in [5.74, 6) is 0. The number of hydrogen-bond acceptors (Lipinski definition) is 4. The summed E-state index contributed by atoms with van der Waals surface area (Å²) >= 11 is 5.00. The van der Waals surface area contributed by atoms with Crippen LogP contribution in [0.4, 0.5) is 0 Å². The van der Waals surface area contributed by atoms with Crippen molar-refractivity contribution in [2.24, 2.45) is 5.73 Å². The third-order valence-corrected chi connectivity index (χ3v) is 7.11. The topological polar surface area (TPSA) is 60.2 Å². The molecule has 1 heterocycles. The lowest BCUT2D eigenvalue weighted by Crippen LogP contribution is -2.49. The van der Waals surface area contributed by atoms with Gasteiger partial charge in [-0.05, 0) is 47.6 Å². The highest BCUT2D eigenvalue weighted by Crippen LogP contribution is 2.28. The predicted molar refractivity (Wildman–Crippen MR) is 72.6 cm³/mol. The van der Waals surface area contributed by atoms with E-state index in [1.807, 2.05) is 11.4 Å². The minimum absolute atomic E-state index is 0.405. The van der Waals surface area contributed by atoms with E-state index in [1.165, 1.54) is 6.26 Å². The normalized spacial score (nSPS) is 15.1. The molecule has 3 nitrogen and oxygen atoms in total. The van der Waals surface area contributed by atoms with Crippen LogP contribution >= 0.6 is 27.3 Å². The summed E-state index contributed by atoms with van der Waals surface area (Å²) in [6.45, 7) is 3.35. The quantitative estimate of drug-likeness (QED) is 0.923. The van der Waals surface area contributed by atoms with E-state index >= 15 is 0 Å². The molecule has 0 amide bonds. The summed E-state index contributed by atoms with van der Waals surface area (Å²) in [5.41, 5.74) is 6.00. The molecule has 92 valence electrons. The van der Waals surface area contributed by atoms with Crippen molar-refractivity contribution < 1.29 is 8.42 Å². The zero-order valence-electron chi connectivity index (χ0n) is 9.53. The van der Waals surface area contributed by atoms with Crippen molar-refractivity contribution in [1.82, 2.24) is 0 Å². The van der Waals surface area contributed by atoms with Crippen LogP contribution in [-0.4, -0.2) is 25.5 Å². The number of hydrogen-bond donors (Lipinski definition) is 1. The molecule has 1 atom stereocenters. The van der Waals surface area contributed by atoms with Crippen molar-refractivity contribution >= 4 is 37.1 Å². The molecule has 0 aliphatic heterocycles. The Morgan fingerprint density at radius 1 is 1.56 bits per heavy atom. The maximum Gasteiger partial charge on any atom is 0.154 e. The Morgan fingerprint density at radius 3 is 2.50 bits per heavy atom. The molecular weight excluding hydrogens is 310 g/mol. The first-order chi connectivity index (χ1) is 7.16. The predicted octanol–water partition coefficient (Wildman–Crippen LogP) is 2.20. The van der Waals surface area contributed by atoms with Crippen molar-refractivity contribution in [3.05, 3.63) is 20.8 Å². The largest absolute Gasteiger partial charge is 0.326 e. The zero-order chi connectivity index (χ0) is 12.6. The van der Waals surface area contributed by atoms with Gasteiger partial charge in [0.05, 0.1) is 4.75 Å². The van der Waals surface area contributed by atoms with Gasteiger partial charge in [-0.15, -0.1) is 11.3 Å². The summed E-state index contributed by atoms with van der Waals surface area (Å²) < 4.78 is 23.3. The highest BCUT2D eigenvalue weighted by Gasteiger charge is 2.37. The van der Waals surface area contributed by atoms with Gasteiger partial charge in [0.25, 0.3) is 0 Å². The molecule has 0 fully saturated rings. The SMILES string of the molecule is CC(C)(C(N)Cc1sccc1Br)S(C)(=O)=O. The Morgan fingerprint density at radius 2 is 2.12 bits per heavy atom. The van der Waals surface area contributed by atoms with Crippen LogP contribution < -0.4 is 5.73 Å². The number of rotatable bonds is 4. The van der Waals surface area contributed by atoms with Crippen molar-refractivity contribution in [1.29, 1.82) is 0 Å². The fraction of sp³-hybridized carbons (Fsp3) is 0.600. The van der Waals surface area contributed by atoms with Crippen LogP contribution in [0.1, 0.15) is 18.7 Å². The van der Waals surface area contributed by atoms with Gasteiger partial charge in [-0.25, -0.2) is 8.42 Å². The minimum Gasteiger partial charge on any atom is -0.326 e. The fourth-order valence-corrected chi connectivity index (χ4v) is 3.40. The van der Waals surface area contributed by atoms with Crippen LogP contribution in [0.3, 0.4) is 0 Å². The Labute approximate surface area is 109 Å². The molecule has 0 saturated carbocycles. The molecule has 0 aromatic carbocycles. The summed E-state index contributed by atoms with van der Waals surface area (Å²) in [5, 5.41) is 1.96. The molecule has 0 spiro atoms. The third-order valence-electron chi connectivity index (χ3n) is 2.94. The standard InChI is InChI=1S/C10H16BrNO2S2/c1-10(2,16(3,13)14)9(12)6-8-7(11)4-5-15-8/h4-5,9H,6,12H2,1-3H3. The van der Waals surface area contributed by atoms with E-state index in [0.29, 0.717) is 6.42 Å². The third kappa shape index (κ3) is 2.85. The van der Waals surface area contributed by atoms with Gasteiger partial charge in [-0.2, -0.15) is 0 Å². The van der Waals surface area contributed by atoms with Gasteiger partial charge in [0, 0.05) is 21.6 Å². The molecule has 0 aliphatic rings. The second-order valence-corrected chi connectivity index (χ2v) is 8.83. The van der Waals surface area contributed by atoms with Gasteiger partial charge >= 0.3 is 0 Å². The van der Waals surface area contributed by atoms with Crippen LogP contribution in [0.15, 0.2) is 15.9 Å². The van der Waals surface area contributed by atoms with Gasteiger partial charge in [-0.1, -0.05) is 0 Å². The number of thiophene rings is 1. The molecule has 1 aromatic heterocycles. The molecular formula is C10H16BrNO2S2. The fourth-order valence-electron chi connectivity index (χ4n) is 1.19. The molecule has 0 saturated heterocycles. The summed E-state index contributed by atoms with van der Waals surface area (Å²) in [7, 11) is -3.15. The van der Waals surface area contributed by atoms with E-state index in [1.54, 1.807) is 25.2 Å². The van der Waals surface area contributed by atoms with Crippen molar-refractivity contribution in [3.8, 4) is 0 Å². The van der Waals surface area contributed by atoms with E-state index in [0.717, 1.165) is 9.35 Å². The van der Waals surface area contributed by atoms with Gasteiger partial charge in [0.2, 0.25) is 0 Å². The van der Waals surface area contributed by atoms with E-state index in [9.17, 15) is 8.42 Å². The molecule has 1 aromatic rings. The van der Waals surface area contributed by atoms with Gasteiger partial charge in [-0.3, -0.25) is 0 Å². The van der Waals surface area contributed by atoms with Crippen molar-refractivity contribution in [2.75, 3.05) is 6.26 Å². The molecule has 0 bridgehead atoms.